The van der Waals surface area contributed by atoms with Gasteiger partial charge in [-0.3, -0.25) is 9.78 Å². The van der Waals surface area contributed by atoms with Gasteiger partial charge >= 0.3 is 0 Å². The van der Waals surface area contributed by atoms with Crippen molar-refractivity contribution in [2.45, 2.75) is 6.61 Å². The summed E-state index contributed by atoms with van der Waals surface area (Å²) in [6.07, 6.45) is 1.38. The molecule has 0 saturated carbocycles. The largest absolute Gasteiger partial charge is 0.390 e. The Bertz CT molecular complexity index is 550. The van der Waals surface area contributed by atoms with Gasteiger partial charge in [0.05, 0.1) is 18.5 Å². The van der Waals surface area contributed by atoms with Gasteiger partial charge in [-0.15, -0.1) is 0 Å². The summed E-state index contributed by atoms with van der Waals surface area (Å²) in [5.41, 5.74) is 0.333. The van der Waals surface area contributed by atoms with E-state index in [2.05, 4.69) is 25.3 Å². The van der Waals surface area contributed by atoms with Gasteiger partial charge in [0.2, 0.25) is 5.95 Å². The lowest BCUT2D eigenvalue weighted by Gasteiger charge is -2.01. The van der Waals surface area contributed by atoms with E-state index >= 15 is 0 Å². The van der Waals surface area contributed by atoms with Crippen molar-refractivity contribution in [2.24, 2.45) is 0 Å². The molecule has 2 rings (SSSR count). The number of H-pyrrole nitrogens is 1. The number of hydrogen-bond acceptors (Lipinski definition) is 6. The number of nitrogens with one attached hydrogen (secondary N) is 2. The fraction of sp³-hybridized carbons (Fsp3) is 0.250. The molecule has 0 saturated heterocycles. The van der Waals surface area contributed by atoms with Crippen molar-refractivity contribution < 1.29 is 5.11 Å². The molecule has 7 heteroatoms. The Kier molecular flexibility index (Phi) is 2.30. The first kappa shape index (κ1) is 9.53. The second-order valence-electron chi connectivity index (χ2n) is 2.86. The van der Waals surface area contributed by atoms with E-state index < -0.39 is 0 Å². The molecule has 0 aliphatic carbocycles. The Morgan fingerprint density at radius 3 is 3.00 bits per heavy atom. The van der Waals surface area contributed by atoms with Crippen molar-refractivity contribution in [1.82, 2.24) is 19.9 Å². The number of fused-ring (bicyclic) bond motifs is 1. The van der Waals surface area contributed by atoms with E-state index in [1.54, 1.807) is 7.05 Å². The average Bonchev–Trinajstić information content (AvgIpc) is 2.28. The molecule has 78 valence electrons. The summed E-state index contributed by atoms with van der Waals surface area (Å²) >= 11 is 0. The molecule has 2 heterocycles. The van der Waals surface area contributed by atoms with Crippen LogP contribution in [0.3, 0.4) is 0 Å². The minimum Gasteiger partial charge on any atom is -0.390 e. The topological polar surface area (TPSA) is 104 Å². The molecule has 7 nitrogen and oxygen atoms in total. The summed E-state index contributed by atoms with van der Waals surface area (Å²) in [5.74, 6) is 0.332. The number of nitrogens with zero attached hydrogens (tertiary/aromatic N) is 3. The van der Waals surface area contributed by atoms with Gasteiger partial charge in [-0.1, -0.05) is 0 Å². The van der Waals surface area contributed by atoms with Crippen molar-refractivity contribution in [3.05, 3.63) is 22.2 Å². The number of aromatic nitrogens is 4. The van der Waals surface area contributed by atoms with E-state index in [1.807, 2.05) is 0 Å². The maximum atomic E-state index is 11.5. The van der Waals surface area contributed by atoms with Crippen LogP contribution in [0.15, 0.2) is 11.0 Å². The molecule has 0 spiro atoms. The number of hydrogen-bond donors (Lipinski definition) is 3. The summed E-state index contributed by atoms with van der Waals surface area (Å²) in [7, 11) is 1.64. The molecule has 0 amide bonds. The number of aliphatic hydroxyl groups is 1. The molecule has 0 aromatic carbocycles. The van der Waals surface area contributed by atoms with Crippen LogP contribution in [0, 0.1) is 0 Å². The molecule has 2 aromatic rings. The normalized spacial score (nSPS) is 10.5. The lowest BCUT2D eigenvalue weighted by Crippen LogP contribution is -2.14. The molecule has 0 fully saturated rings. The van der Waals surface area contributed by atoms with Gasteiger partial charge in [-0.2, -0.15) is 4.98 Å². The van der Waals surface area contributed by atoms with E-state index in [0.717, 1.165) is 0 Å². The van der Waals surface area contributed by atoms with Crippen LogP contribution in [0.4, 0.5) is 5.95 Å². The first-order valence-corrected chi connectivity index (χ1v) is 4.29. The quantitative estimate of drug-likeness (QED) is 0.598. The second-order valence-corrected chi connectivity index (χ2v) is 2.86. The van der Waals surface area contributed by atoms with Gasteiger partial charge in [-0.05, 0) is 0 Å². The molecular formula is C8H9N5O2. The van der Waals surface area contributed by atoms with Crippen molar-refractivity contribution in [1.29, 1.82) is 0 Å². The zero-order valence-corrected chi connectivity index (χ0v) is 7.98. The summed E-state index contributed by atoms with van der Waals surface area (Å²) in [4.78, 5) is 25.9. The fourth-order valence-corrected chi connectivity index (χ4v) is 1.15. The molecule has 3 N–H and O–H groups in total. The van der Waals surface area contributed by atoms with Crippen LogP contribution in [0.25, 0.3) is 11.2 Å². The molecular weight excluding hydrogens is 198 g/mol. The van der Waals surface area contributed by atoms with Gasteiger partial charge < -0.3 is 10.4 Å². The molecule has 0 bridgehead atoms. The first-order valence-electron chi connectivity index (χ1n) is 4.29. The summed E-state index contributed by atoms with van der Waals surface area (Å²) in [5, 5.41) is 11.5. The van der Waals surface area contributed by atoms with Gasteiger partial charge in [0.15, 0.2) is 11.2 Å². The highest BCUT2D eigenvalue weighted by Gasteiger charge is 2.06. The molecule has 0 unspecified atom stereocenters. The van der Waals surface area contributed by atoms with Crippen LogP contribution in [-0.4, -0.2) is 32.1 Å². The minimum absolute atomic E-state index is 0.126. The van der Waals surface area contributed by atoms with Gasteiger partial charge in [0.25, 0.3) is 5.56 Å². The zero-order valence-electron chi connectivity index (χ0n) is 7.98. The number of aliphatic hydroxyl groups excluding tert-OH is 1. The third kappa shape index (κ3) is 1.64. The third-order valence-corrected chi connectivity index (χ3v) is 1.87. The average molecular weight is 207 g/mol. The Hall–Kier alpha value is -2.02. The van der Waals surface area contributed by atoms with Gasteiger partial charge in [0, 0.05) is 7.05 Å². The first-order chi connectivity index (χ1) is 7.24. The molecule has 0 aliphatic rings. The molecule has 15 heavy (non-hydrogen) atoms. The Balaban J connectivity index is 2.74. The van der Waals surface area contributed by atoms with Crippen LogP contribution in [0.2, 0.25) is 0 Å². The highest BCUT2D eigenvalue weighted by molar-refractivity contribution is 5.69. The van der Waals surface area contributed by atoms with Crippen molar-refractivity contribution in [3.8, 4) is 0 Å². The van der Waals surface area contributed by atoms with Crippen molar-refractivity contribution in [3.63, 3.8) is 0 Å². The maximum Gasteiger partial charge on any atom is 0.280 e. The summed E-state index contributed by atoms with van der Waals surface area (Å²) in [6, 6.07) is 0. The van der Waals surface area contributed by atoms with Crippen LogP contribution in [0.1, 0.15) is 5.69 Å². The standard InChI is InChI=1S/C8H9N5O2/c1-9-8-12-6-5(7(15)13-8)11-4(3-14)2-10-6/h2,14H,3H2,1H3,(H2,9,10,12,13,15). The Morgan fingerprint density at radius 2 is 2.33 bits per heavy atom. The van der Waals surface area contributed by atoms with Crippen LogP contribution in [0.5, 0.6) is 0 Å². The zero-order chi connectivity index (χ0) is 10.8. The second kappa shape index (κ2) is 3.62. The van der Waals surface area contributed by atoms with Crippen molar-refractivity contribution >= 4 is 17.1 Å². The molecule has 0 aliphatic heterocycles. The molecule has 0 radical (unpaired) electrons. The number of rotatable bonds is 2. The van der Waals surface area contributed by atoms with E-state index in [4.69, 9.17) is 5.11 Å². The van der Waals surface area contributed by atoms with Crippen LogP contribution >= 0.6 is 0 Å². The predicted molar refractivity (Wildman–Crippen MR) is 53.4 cm³/mol. The molecule has 2 aromatic heterocycles. The monoisotopic (exact) mass is 207 g/mol. The number of anilines is 1. The smallest absolute Gasteiger partial charge is 0.280 e. The van der Waals surface area contributed by atoms with Gasteiger partial charge in [-0.25, -0.2) is 9.97 Å². The Morgan fingerprint density at radius 1 is 1.53 bits per heavy atom. The highest BCUT2D eigenvalue weighted by atomic mass is 16.3. The van der Waals surface area contributed by atoms with Crippen LogP contribution < -0.4 is 10.9 Å². The third-order valence-electron chi connectivity index (χ3n) is 1.87. The SMILES string of the molecule is CNc1nc2ncc(CO)nc2c(=O)[nH]1. The molecule has 0 atom stereocenters. The predicted octanol–water partition coefficient (Wildman–Crippen LogP) is -0.753. The van der Waals surface area contributed by atoms with E-state index in [0.29, 0.717) is 11.6 Å². The highest BCUT2D eigenvalue weighted by Crippen LogP contribution is 2.03. The lowest BCUT2D eigenvalue weighted by molar-refractivity contribution is 0.277. The van der Waals surface area contributed by atoms with E-state index in [9.17, 15) is 4.79 Å². The minimum atomic E-state index is -0.382. The maximum absolute atomic E-state index is 11.5. The number of aromatic amines is 1. The summed E-state index contributed by atoms with van der Waals surface area (Å²) < 4.78 is 0. The van der Waals surface area contributed by atoms with E-state index in [-0.39, 0.29) is 23.3 Å². The van der Waals surface area contributed by atoms with E-state index in [1.165, 1.54) is 6.20 Å². The lowest BCUT2D eigenvalue weighted by atomic mass is 10.4. The summed E-state index contributed by atoms with van der Waals surface area (Å²) in [6.45, 7) is -0.254. The van der Waals surface area contributed by atoms with Crippen LogP contribution in [-0.2, 0) is 6.61 Å². The fourth-order valence-electron chi connectivity index (χ4n) is 1.15. The van der Waals surface area contributed by atoms with Crippen molar-refractivity contribution in [2.75, 3.05) is 12.4 Å². The van der Waals surface area contributed by atoms with Gasteiger partial charge in [0.1, 0.15) is 0 Å². The Labute approximate surface area is 84.2 Å².